The molecule has 1 unspecified atom stereocenters. The van der Waals surface area contributed by atoms with Gasteiger partial charge in [0, 0.05) is 38.8 Å². The maximum absolute atomic E-state index is 13.5. The summed E-state index contributed by atoms with van der Waals surface area (Å²) in [5.41, 5.74) is 8.44. The molecule has 12 nitrogen and oxygen atoms in total. The van der Waals surface area contributed by atoms with Crippen LogP contribution in [0.2, 0.25) is 0 Å². The maximum Gasteiger partial charge on any atom is 0.283 e. The van der Waals surface area contributed by atoms with Crippen LogP contribution in [0.1, 0.15) is 88.1 Å². The number of amides is 5. The number of hydrazine groups is 1. The van der Waals surface area contributed by atoms with Crippen molar-refractivity contribution in [3.05, 3.63) is 58.9 Å². The molecule has 6 rings (SSSR count). The van der Waals surface area contributed by atoms with Crippen LogP contribution in [-0.4, -0.2) is 89.6 Å². The van der Waals surface area contributed by atoms with E-state index in [-0.39, 0.29) is 24.7 Å². The van der Waals surface area contributed by atoms with Crippen molar-refractivity contribution < 1.29 is 24.0 Å². The first-order chi connectivity index (χ1) is 21.3. The second-order valence-electron chi connectivity index (χ2n) is 12.1. The van der Waals surface area contributed by atoms with Gasteiger partial charge in [-0.25, -0.2) is 5.43 Å². The lowest BCUT2D eigenvalue weighted by molar-refractivity contribution is -0.136. The van der Waals surface area contributed by atoms with Crippen LogP contribution >= 0.6 is 0 Å². The molecule has 4 aliphatic rings. The molecule has 3 fully saturated rings. The number of likely N-dealkylation sites (tertiary alicyclic amines) is 1. The minimum Gasteiger partial charge on any atom is -0.371 e. The monoisotopic (exact) mass is 601 g/mol. The number of carbonyl (C=O) groups is 5. The van der Waals surface area contributed by atoms with Gasteiger partial charge in [-0.05, 0) is 80.8 Å². The van der Waals surface area contributed by atoms with Crippen molar-refractivity contribution in [3.63, 3.8) is 0 Å². The molecular formula is C32H39N7O5. The highest BCUT2D eigenvalue weighted by Crippen LogP contribution is 2.36. The third-order valence-corrected chi connectivity index (χ3v) is 9.37. The zero-order valence-electron chi connectivity index (χ0n) is 25.0. The van der Waals surface area contributed by atoms with Gasteiger partial charge in [-0.15, -0.1) is 0 Å². The van der Waals surface area contributed by atoms with Crippen molar-refractivity contribution in [2.45, 2.75) is 57.4 Å². The highest BCUT2D eigenvalue weighted by atomic mass is 16.2. The maximum atomic E-state index is 13.5. The van der Waals surface area contributed by atoms with E-state index in [0.717, 1.165) is 69.0 Å². The summed E-state index contributed by atoms with van der Waals surface area (Å²) in [6.45, 7) is 7.21. The van der Waals surface area contributed by atoms with E-state index in [4.69, 9.17) is 0 Å². The standard InChI is InChI=1S/C32H39N7O5/c1-2-34-36-29(41)24-7-6-22(18-33-24)21-12-14-37(15-13-21)19-20-10-16-38(17-11-20)25-5-3-4-23-28(25)32(44)39(31(23)43)26-8-9-27(40)35-30(26)42/h3-7,18,20-21,26,34H,2,8-17,19H2,1H3,(H,36,41)(H,35,40,42). The number of rotatable bonds is 8. The summed E-state index contributed by atoms with van der Waals surface area (Å²) < 4.78 is 0. The third kappa shape index (κ3) is 5.96. The van der Waals surface area contributed by atoms with E-state index < -0.39 is 23.8 Å². The van der Waals surface area contributed by atoms with Crippen LogP contribution in [0.5, 0.6) is 0 Å². The number of hydrogen-bond acceptors (Lipinski definition) is 9. The van der Waals surface area contributed by atoms with Crippen LogP contribution < -0.4 is 21.1 Å². The Balaban J connectivity index is 1.01. The highest BCUT2D eigenvalue weighted by Gasteiger charge is 2.46. The number of fused-ring (bicyclic) bond motifs is 1. The first-order valence-electron chi connectivity index (χ1n) is 15.6. The summed E-state index contributed by atoms with van der Waals surface area (Å²) in [6, 6.07) is 8.18. The van der Waals surface area contributed by atoms with Gasteiger partial charge in [-0.2, -0.15) is 0 Å². The predicted octanol–water partition coefficient (Wildman–Crippen LogP) is 1.83. The lowest BCUT2D eigenvalue weighted by atomic mass is 9.89. The molecule has 0 bridgehead atoms. The van der Waals surface area contributed by atoms with E-state index in [1.807, 2.05) is 25.3 Å². The molecule has 0 aliphatic carbocycles. The van der Waals surface area contributed by atoms with Gasteiger partial charge in [0.15, 0.2) is 0 Å². The number of anilines is 1. The number of nitrogens with zero attached hydrogens (tertiary/aromatic N) is 4. The van der Waals surface area contributed by atoms with Gasteiger partial charge in [0.25, 0.3) is 17.7 Å². The Labute approximate surface area is 256 Å². The van der Waals surface area contributed by atoms with E-state index in [1.54, 1.807) is 18.2 Å². The summed E-state index contributed by atoms with van der Waals surface area (Å²) in [5.74, 6) is -1.15. The van der Waals surface area contributed by atoms with Crippen LogP contribution in [0.25, 0.3) is 0 Å². The molecule has 3 N–H and O–H groups in total. The summed E-state index contributed by atoms with van der Waals surface area (Å²) in [7, 11) is 0. The fraction of sp³-hybridized carbons (Fsp3) is 0.500. The van der Waals surface area contributed by atoms with Gasteiger partial charge in [-0.1, -0.05) is 19.1 Å². The van der Waals surface area contributed by atoms with Crippen molar-refractivity contribution in [1.82, 2.24) is 31.0 Å². The molecule has 1 atom stereocenters. The lowest BCUT2D eigenvalue weighted by Gasteiger charge is -2.38. The van der Waals surface area contributed by atoms with Gasteiger partial charge >= 0.3 is 0 Å². The summed E-state index contributed by atoms with van der Waals surface area (Å²) in [5, 5.41) is 2.26. The number of carbonyl (C=O) groups excluding carboxylic acids is 5. The summed E-state index contributed by atoms with van der Waals surface area (Å²) in [4.78, 5) is 73.1. The lowest BCUT2D eigenvalue weighted by Crippen LogP contribution is -2.54. The number of hydrogen-bond donors (Lipinski definition) is 3. The van der Waals surface area contributed by atoms with E-state index >= 15 is 0 Å². The predicted molar refractivity (Wildman–Crippen MR) is 162 cm³/mol. The van der Waals surface area contributed by atoms with Crippen LogP contribution in [0.4, 0.5) is 5.69 Å². The second kappa shape index (κ2) is 12.8. The SMILES string of the molecule is CCNNC(=O)c1ccc(C2CCN(CC3CCN(c4cccc5c4C(=O)N(C4CCC(=O)NC4=O)C5=O)CC3)CC2)cn1. The van der Waals surface area contributed by atoms with Crippen molar-refractivity contribution >= 4 is 35.2 Å². The third-order valence-electron chi connectivity index (χ3n) is 9.37. The average Bonchev–Trinajstić information content (AvgIpc) is 3.30. The van der Waals surface area contributed by atoms with Crippen LogP contribution in [0.3, 0.4) is 0 Å². The minimum atomic E-state index is -0.965. The van der Waals surface area contributed by atoms with Crippen molar-refractivity contribution in [1.29, 1.82) is 0 Å². The molecule has 3 saturated heterocycles. The molecule has 12 heteroatoms. The fourth-order valence-corrected chi connectivity index (χ4v) is 6.94. The quantitative estimate of drug-likeness (QED) is 0.305. The molecule has 5 heterocycles. The molecule has 5 amide bonds. The van der Waals surface area contributed by atoms with Gasteiger partial charge in [0.1, 0.15) is 11.7 Å². The normalized spacial score (nSPS) is 21.9. The van der Waals surface area contributed by atoms with Gasteiger partial charge in [-0.3, -0.25) is 44.6 Å². The molecule has 0 radical (unpaired) electrons. The minimum absolute atomic E-state index is 0.101. The van der Waals surface area contributed by atoms with Crippen LogP contribution in [0.15, 0.2) is 36.5 Å². The molecule has 44 heavy (non-hydrogen) atoms. The van der Waals surface area contributed by atoms with Crippen LogP contribution in [0, 0.1) is 5.92 Å². The Hall–Kier alpha value is -4.16. The zero-order valence-corrected chi connectivity index (χ0v) is 25.0. The van der Waals surface area contributed by atoms with E-state index in [1.165, 1.54) is 5.56 Å². The summed E-state index contributed by atoms with van der Waals surface area (Å²) >= 11 is 0. The molecule has 0 spiro atoms. The van der Waals surface area contributed by atoms with Crippen molar-refractivity contribution in [2.24, 2.45) is 5.92 Å². The van der Waals surface area contributed by atoms with Gasteiger partial charge in [0.2, 0.25) is 11.8 Å². The summed E-state index contributed by atoms with van der Waals surface area (Å²) in [6.07, 6.45) is 6.17. The van der Waals surface area contributed by atoms with E-state index in [0.29, 0.717) is 35.2 Å². The Morgan fingerprint density at radius 2 is 1.73 bits per heavy atom. The Bertz CT molecular complexity index is 1450. The number of imide groups is 2. The molecule has 232 valence electrons. The van der Waals surface area contributed by atoms with Crippen LogP contribution in [-0.2, 0) is 9.59 Å². The average molecular weight is 602 g/mol. The van der Waals surface area contributed by atoms with E-state index in [2.05, 4.69) is 31.0 Å². The molecule has 1 aromatic heterocycles. The first-order valence-corrected chi connectivity index (χ1v) is 15.6. The Morgan fingerprint density at radius 1 is 0.955 bits per heavy atom. The number of pyridine rings is 1. The Kier molecular flexibility index (Phi) is 8.72. The van der Waals surface area contributed by atoms with E-state index in [9.17, 15) is 24.0 Å². The second-order valence-corrected chi connectivity index (χ2v) is 12.1. The molecule has 2 aromatic rings. The van der Waals surface area contributed by atoms with Crippen molar-refractivity contribution in [2.75, 3.05) is 44.2 Å². The number of piperidine rings is 3. The number of benzene rings is 1. The molecule has 0 saturated carbocycles. The number of nitrogens with one attached hydrogen (secondary N) is 3. The topological polar surface area (TPSA) is 144 Å². The van der Waals surface area contributed by atoms with Crippen molar-refractivity contribution in [3.8, 4) is 0 Å². The fourth-order valence-electron chi connectivity index (χ4n) is 6.94. The first kappa shape index (κ1) is 29.9. The molecule has 1 aromatic carbocycles. The highest BCUT2D eigenvalue weighted by molar-refractivity contribution is 6.25. The zero-order chi connectivity index (χ0) is 30.8. The van der Waals surface area contributed by atoms with Gasteiger partial charge in [0.05, 0.1) is 16.8 Å². The number of aromatic nitrogens is 1. The molecular weight excluding hydrogens is 562 g/mol. The molecule has 4 aliphatic heterocycles. The Morgan fingerprint density at radius 3 is 2.41 bits per heavy atom. The smallest absolute Gasteiger partial charge is 0.283 e. The van der Waals surface area contributed by atoms with Gasteiger partial charge < -0.3 is 9.80 Å². The largest absolute Gasteiger partial charge is 0.371 e.